The molecule has 0 aliphatic carbocycles. The largest absolute Gasteiger partial charge is 0.370 e. The second-order valence-corrected chi connectivity index (χ2v) is 7.56. The fraction of sp³-hybridized carbons (Fsp3) is 0.818. The van der Waals surface area contributed by atoms with Crippen molar-refractivity contribution in [3.05, 3.63) is 24.6 Å². The quantitative estimate of drug-likeness (QED) is 0.264. The van der Waals surface area contributed by atoms with Crippen LogP contribution in [0.1, 0.15) is 104 Å². The summed E-state index contributed by atoms with van der Waals surface area (Å²) < 4.78 is 0. The molecule has 3 heteroatoms. The maximum absolute atomic E-state index is 5.97. The number of nitrogens with two attached hydrogens (primary N) is 1. The lowest BCUT2D eigenvalue weighted by Gasteiger charge is -2.28. The van der Waals surface area contributed by atoms with E-state index in [1.807, 2.05) is 13.1 Å². The van der Waals surface area contributed by atoms with Crippen LogP contribution in [-0.4, -0.2) is 17.2 Å². The summed E-state index contributed by atoms with van der Waals surface area (Å²) in [5.74, 6) is 0. The Morgan fingerprint density at radius 1 is 0.920 bits per heavy atom. The third-order valence-corrected chi connectivity index (χ3v) is 5.10. The van der Waals surface area contributed by atoms with Gasteiger partial charge in [-0.15, -0.1) is 0 Å². The second-order valence-electron chi connectivity index (χ2n) is 7.56. The van der Waals surface area contributed by atoms with Gasteiger partial charge in [0.2, 0.25) is 0 Å². The molecule has 1 aliphatic rings. The molecular formula is C22H43N3. The topological polar surface area (TPSA) is 41.3 Å². The number of hydrogen-bond donors (Lipinski definition) is 2. The predicted octanol–water partition coefficient (Wildman–Crippen LogP) is 6.03. The van der Waals surface area contributed by atoms with Crippen molar-refractivity contribution in [3.63, 3.8) is 0 Å². The average Bonchev–Trinajstić information content (AvgIpc) is 3.07. The Morgan fingerprint density at radius 2 is 1.48 bits per heavy atom. The van der Waals surface area contributed by atoms with Gasteiger partial charge in [-0.05, 0) is 45.4 Å². The van der Waals surface area contributed by atoms with Crippen LogP contribution >= 0.6 is 0 Å². The molecule has 0 aromatic heterocycles. The van der Waals surface area contributed by atoms with Crippen LogP contribution in [0.3, 0.4) is 0 Å². The van der Waals surface area contributed by atoms with Gasteiger partial charge in [-0.25, -0.2) is 0 Å². The predicted molar refractivity (Wildman–Crippen MR) is 111 cm³/mol. The van der Waals surface area contributed by atoms with E-state index in [4.69, 9.17) is 5.73 Å². The van der Waals surface area contributed by atoms with Gasteiger partial charge in [-0.3, -0.25) is 0 Å². The highest BCUT2D eigenvalue weighted by atomic mass is 15.3. The molecule has 0 amide bonds. The molecule has 0 aromatic carbocycles. The minimum Gasteiger partial charge on any atom is -0.370 e. The van der Waals surface area contributed by atoms with Crippen LogP contribution in [0.4, 0.5) is 0 Å². The lowest BCUT2D eigenvalue weighted by Crippen LogP contribution is -2.44. The first-order valence-corrected chi connectivity index (χ1v) is 10.9. The summed E-state index contributed by atoms with van der Waals surface area (Å²) in [6.07, 6.45) is 28.3. The fourth-order valence-corrected chi connectivity index (χ4v) is 3.49. The van der Waals surface area contributed by atoms with Gasteiger partial charge in [0.1, 0.15) is 0 Å². The Kier molecular flexibility index (Phi) is 13.5. The van der Waals surface area contributed by atoms with Gasteiger partial charge in [0.05, 0.1) is 12.3 Å². The molecule has 0 radical (unpaired) electrons. The first-order chi connectivity index (χ1) is 12.3. The van der Waals surface area contributed by atoms with Crippen LogP contribution in [-0.2, 0) is 0 Å². The van der Waals surface area contributed by atoms with E-state index in [1.54, 1.807) is 0 Å². The van der Waals surface area contributed by atoms with Crippen LogP contribution in [0, 0.1) is 0 Å². The monoisotopic (exact) mass is 349 g/mol. The molecule has 2 unspecified atom stereocenters. The Balaban J connectivity index is 1.80. The van der Waals surface area contributed by atoms with E-state index in [1.165, 1.54) is 89.9 Å². The number of allylic oxidation sites excluding steroid dienone is 2. The molecule has 25 heavy (non-hydrogen) atoms. The van der Waals surface area contributed by atoms with Crippen molar-refractivity contribution in [1.82, 2.24) is 10.2 Å². The van der Waals surface area contributed by atoms with E-state index in [0.717, 1.165) is 0 Å². The maximum Gasteiger partial charge on any atom is 0.0995 e. The molecule has 0 bridgehead atoms. The summed E-state index contributed by atoms with van der Waals surface area (Å²) in [6.45, 7) is 4.32. The fourth-order valence-electron chi connectivity index (χ4n) is 3.49. The van der Waals surface area contributed by atoms with E-state index in [9.17, 15) is 0 Å². The highest BCUT2D eigenvalue weighted by molar-refractivity contribution is 4.95. The van der Waals surface area contributed by atoms with Crippen LogP contribution in [0.2, 0.25) is 0 Å². The van der Waals surface area contributed by atoms with Gasteiger partial charge in [0.25, 0.3) is 0 Å². The minimum atomic E-state index is 0.0995. The Hall–Kier alpha value is -0.960. The number of rotatable bonds is 16. The van der Waals surface area contributed by atoms with Gasteiger partial charge >= 0.3 is 0 Å². The molecule has 1 rings (SSSR count). The molecule has 1 heterocycles. The summed E-state index contributed by atoms with van der Waals surface area (Å²) in [4.78, 5) is 2.22. The zero-order valence-electron chi connectivity index (χ0n) is 16.9. The second kappa shape index (κ2) is 15.3. The lowest BCUT2D eigenvalue weighted by atomic mass is 10.1. The molecular weight excluding hydrogens is 306 g/mol. The molecule has 0 fully saturated rings. The zero-order chi connectivity index (χ0) is 18.2. The molecule has 2 atom stereocenters. The van der Waals surface area contributed by atoms with Gasteiger partial charge in [0.15, 0.2) is 0 Å². The molecule has 3 nitrogen and oxygen atoms in total. The molecule has 0 aromatic rings. The summed E-state index contributed by atoms with van der Waals surface area (Å²) in [7, 11) is 0. The van der Waals surface area contributed by atoms with Crippen molar-refractivity contribution in [2.75, 3.05) is 0 Å². The maximum atomic E-state index is 5.97. The third-order valence-electron chi connectivity index (χ3n) is 5.10. The standard InChI is InChI=1S/C22H43N3/c1-3-4-5-6-7-8-9-10-11-12-13-14-15-16-17-18-22-24-19-20-25(22)21(2)23/h7-8,19-22,24H,3-6,9-18,23H2,1-2H3/b8-7+. The smallest absolute Gasteiger partial charge is 0.0995 e. The molecule has 146 valence electrons. The molecule has 0 saturated heterocycles. The van der Waals surface area contributed by atoms with E-state index >= 15 is 0 Å². The normalized spacial score (nSPS) is 18.2. The van der Waals surface area contributed by atoms with E-state index in [0.29, 0.717) is 6.17 Å². The Morgan fingerprint density at radius 3 is 2.08 bits per heavy atom. The minimum absolute atomic E-state index is 0.0995. The number of unbranched alkanes of at least 4 members (excludes halogenated alkanes) is 11. The van der Waals surface area contributed by atoms with Crippen LogP contribution < -0.4 is 11.1 Å². The Labute approximate surface area is 157 Å². The zero-order valence-corrected chi connectivity index (χ0v) is 16.9. The average molecular weight is 350 g/mol. The van der Waals surface area contributed by atoms with Crippen molar-refractivity contribution < 1.29 is 0 Å². The van der Waals surface area contributed by atoms with Gasteiger partial charge in [-0.2, -0.15) is 0 Å². The number of hydrogen-bond acceptors (Lipinski definition) is 3. The van der Waals surface area contributed by atoms with Crippen LogP contribution in [0.15, 0.2) is 24.6 Å². The summed E-state index contributed by atoms with van der Waals surface area (Å²) in [5, 5.41) is 3.40. The highest BCUT2D eigenvalue weighted by Crippen LogP contribution is 2.16. The van der Waals surface area contributed by atoms with Crippen LogP contribution in [0.25, 0.3) is 0 Å². The van der Waals surface area contributed by atoms with Gasteiger partial charge in [-0.1, -0.05) is 70.4 Å². The SMILES string of the molecule is CCCCC/C=C/CCCCCCCCCCC1NC=CN1C(C)N. The summed E-state index contributed by atoms with van der Waals surface area (Å²) in [6, 6.07) is 0. The summed E-state index contributed by atoms with van der Waals surface area (Å²) in [5.41, 5.74) is 5.97. The lowest BCUT2D eigenvalue weighted by molar-refractivity contribution is 0.208. The van der Waals surface area contributed by atoms with E-state index in [-0.39, 0.29) is 6.17 Å². The van der Waals surface area contributed by atoms with Crippen molar-refractivity contribution >= 4 is 0 Å². The van der Waals surface area contributed by atoms with Crippen molar-refractivity contribution in [1.29, 1.82) is 0 Å². The number of nitrogens with one attached hydrogen (secondary N) is 1. The molecule has 0 saturated carbocycles. The van der Waals surface area contributed by atoms with Crippen molar-refractivity contribution in [2.24, 2.45) is 5.73 Å². The van der Waals surface area contributed by atoms with E-state index < -0.39 is 0 Å². The van der Waals surface area contributed by atoms with E-state index in [2.05, 4.69) is 35.5 Å². The molecule has 0 spiro atoms. The molecule has 1 aliphatic heterocycles. The van der Waals surface area contributed by atoms with Crippen LogP contribution in [0.5, 0.6) is 0 Å². The van der Waals surface area contributed by atoms with Gasteiger partial charge < -0.3 is 16.0 Å². The van der Waals surface area contributed by atoms with Gasteiger partial charge in [0, 0.05) is 12.4 Å². The van der Waals surface area contributed by atoms with Crippen molar-refractivity contribution in [2.45, 2.75) is 116 Å². The third kappa shape index (κ3) is 11.3. The molecule has 3 N–H and O–H groups in total. The Bertz CT molecular complexity index is 349. The first-order valence-electron chi connectivity index (χ1n) is 10.9. The highest BCUT2D eigenvalue weighted by Gasteiger charge is 2.20. The summed E-state index contributed by atoms with van der Waals surface area (Å²) >= 11 is 0. The number of nitrogens with zero attached hydrogens (tertiary/aromatic N) is 1. The van der Waals surface area contributed by atoms with Crippen molar-refractivity contribution in [3.8, 4) is 0 Å². The first kappa shape index (κ1) is 22.1.